The number of hydrogen-bond acceptors (Lipinski definition) is 7. The van der Waals surface area contributed by atoms with Gasteiger partial charge in [-0.1, -0.05) is 49.4 Å². The summed E-state index contributed by atoms with van der Waals surface area (Å²) in [7, 11) is 0. The van der Waals surface area contributed by atoms with E-state index in [-0.39, 0.29) is 18.5 Å². The van der Waals surface area contributed by atoms with E-state index in [1.165, 1.54) is 4.88 Å². The van der Waals surface area contributed by atoms with Gasteiger partial charge in [0.25, 0.3) is 11.8 Å². The number of carbonyl (C=O) groups excluding carboxylic acids is 2. The van der Waals surface area contributed by atoms with Crippen molar-refractivity contribution < 1.29 is 14.3 Å². The van der Waals surface area contributed by atoms with E-state index in [1.807, 2.05) is 47.4 Å². The Labute approximate surface area is 213 Å². The first-order valence-electron chi connectivity index (χ1n) is 11.9. The van der Waals surface area contributed by atoms with Gasteiger partial charge in [0.2, 0.25) is 0 Å². The maximum atomic E-state index is 13.2. The van der Waals surface area contributed by atoms with Crippen LogP contribution in [-0.4, -0.2) is 59.5 Å². The number of anilines is 1. The maximum Gasteiger partial charge on any atom is 0.320 e. The number of aromatic nitrogens is 2. The fourth-order valence-corrected chi connectivity index (χ4v) is 5.25. The lowest BCUT2D eigenvalue weighted by molar-refractivity contribution is -0.120. The van der Waals surface area contributed by atoms with Crippen LogP contribution in [0.1, 0.15) is 22.2 Å². The zero-order valence-electron chi connectivity index (χ0n) is 20.0. The second-order valence-corrected chi connectivity index (χ2v) is 9.71. The molecule has 0 bridgehead atoms. The number of benzene rings is 2. The van der Waals surface area contributed by atoms with E-state index < -0.39 is 5.91 Å². The fraction of sp³-hybridized carbons (Fsp3) is 0.259. The van der Waals surface area contributed by atoms with Crippen molar-refractivity contribution in [3.63, 3.8) is 0 Å². The monoisotopic (exact) mass is 501 g/mol. The Kier molecular flexibility index (Phi) is 6.81. The first kappa shape index (κ1) is 23.7. The highest BCUT2D eigenvalue weighted by molar-refractivity contribution is 7.18. The first-order chi connectivity index (χ1) is 17.5. The molecule has 8 nitrogen and oxygen atoms in total. The number of ether oxygens (including phenoxy) is 1. The summed E-state index contributed by atoms with van der Waals surface area (Å²) in [4.78, 5) is 39.4. The van der Waals surface area contributed by atoms with Crippen molar-refractivity contribution in [1.82, 2.24) is 14.9 Å². The van der Waals surface area contributed by atoms with Gasteiger partial charge < -0.3 is 20.3 Å². The number of thiophene rings is 1. The third-order valence-electron chi connectivity index (χ3n) is 6.20. The molecule has 0 saturated carbocycles. The van der Waals surface area contributed by atoms with Crippen LogP contribution in [0.4, 0.5) is 5.82 Å². The second kappa shape index (κ2) is 10.3. The summed E-state index contributed by atoms with van der Waals surface area (Å²) in [5.74, 6) is 0.204. The molecule has 0 unspecified atom stereocenters. The molecule has 1 saturated heterocycles. The number of fused-ring (bicyclic) bond motifs is 1. The zero-order valence-corrected chi connectivity index (χ0v) is 20.8. The minimum atomic E-state index is -0.579. The lowest BCUT2D eigenvalue weighted by atomic mass is 10.0. The van der Waals surface area contributed by atoms with Gasteiger partial charge in [-0.25, -0.2) is 0 Å². The van der Waals surface area contributed by atoms with E-state index in [9.17, 15) is 9.59 Å². The van der Waals surface area contributed by atoms with Crippen molar-refractivity contribution >= 4 is 39.2 Å². The number of nitrogens with two attached hydrogens (primary N) is 1. The summed E-state index contributed by atoms with van der Waals surface area (Å²) in [5, 5.41) is 0.958. The molecule has 4 aromatic rings. The smallest absolute Gasteiger partial charge is 0.320 e. The standard InChI is InChI=1S/C27H27N5O3S/c1-2-21-16-22-24(29-27(30-25(22)36-21)35-17-23(28)33)31-12-14-32(15-13-31)26(34)20-10-8-19(9-11-20)18-6-4-3-5-7-18/h3-11,16H,2,12-15,17H2,1H3,(H2,28,33). The van der Waals surface area contributed by atoms with Crippen LogP contribution in [0.15, 0.2) is 60.7 Å². The maximum absolute atomic E-state index is 13.2. The highest BCUT2D eigenvalue weighted by Gasteiger charge is 2.25. The highest BCUT2D eigenvalue weighted by Crippen LogP contribution is 2.33. The summed E-state index contributed by atoms with van der Waals surface area (Å²) in [6, 6.07) is 20.1. The Hall–Kier alpha value is -3.98. The number of primary amides is 1. The molecule has 1 fully saturated rings. The number of hydrogen-bond donors (Lipinski definition) is 1. The topological polar surface area (TPSA) is 102 Å². The van der Waals surface area contributed by atoms with Crippen LogP contribution in [0.2, 0.25) is 0 Å². The molecule has 2 aromatic heterocycles. The number of nitrogens with zero attached hydrogens (tertiary/aromatic N) is 4. The normalized spacial score (nSPS) is 13.7. The molecule has 36 heavy (non-hydrogen) atoms. The predicted molar refractivity (Wildman–Crippen MR) is 141 cm³/mol. The van der Waals surface area contributed by atoms with Crippen LogP contribution in [-0.2, 0) is 11.2 Å². The number of rotatable bonds is 7. The molecule has 0 radical (unpaired) electrons. The van der Waals surface area contributed by atoms with Gasteiger partial charge in [-0.15, -0.1) is 11.3 Å². The molecule has 3 heterocycles. The van der Waals surface area contributed by atoms with Gasteiger partial charge in [-0.3, -0.25) is 9.59 Å². The minimum Gasteiger partial charge on any atom is -0.453 e. The molecule has 0 spiro atoms. The Morgan fingerprint density at radius 1 is 0.972 bits per heavy atom. The number of piperazine rings is 1. The third kappa shape index (κ3) is 5.01. The molecule has 184 valence electrons. The van der Waals surface area contributed by atoms with Crippen LogP contribution in [0.5, 0.6) is 6.01 Å². The van der Waals surface area contributed by atoms with Gasteiger partial charge in [0, 0.05) is 36.6 Å². The van der Waals surface area contributed by atoms with E-state index in [0.29, 0.717) is 31.7 Å². The van der Waals surface area contributed by atoms with Crippen LogP contribution in [0.3, 0.4) is 0 Å². The van der Waals surface area contributed by atoms with E-state index in [1.54, 1.807) is 11.3 Å². The summed E-state index contributed by atoms with van der Waals surface area (Å²) < 4.78 is 5.43. The van der Waals surface area contributed by atoms with Gasteiger partial charge in [0.1, 0.15) is 10.6 Å². The van der Waals surface area contributed by atoms with E-state index in [0.717, 1.165) is 33.6 Å². The lowest BCUT2D eigenvalue weighted by Crippen LogP contribution is -2.49. The summed E-state index contributed by atoms with van der Waals surface area (Å²) >= 11 is 1.59. The van der Waals surface area contributed by atoms with E-state index in [4.69, 9.17) is 10.5 Å². The van der Waals surface area contributed by atoms with Crippen LogP contribution in [0, 0.1) is 0 Å². The van der Waals surface area contributed by atoms with Gasteiger partial charge in [-0.05, 0) is 35.7 Å². The summed E-state index contributed by atoms with van der Waals surface area (Å²) in [6.07, 6.45) is 0.892. The number of aryl methyl sites for hydroxylation is 1. The Bertz CT molecular complexity index is 1380. The average Bonchev–Trinajstić information content (AvgIpc) is 3.35. The quantitative estimate of drug-likeness (QED) is 0.414. The zero-order chi connectivity index (χ0) is 25.1. The minimum absolute atomic E-state index is 0.0244. The molecule has 9 heteroatoms. The summed E-state index contributed by atoms with van der Waals surface area (Å²) in [5.41, 5.74) is 8.11. The highest BCUT2D eigenvalue weighted by atomic mass is 32.1. The molecule has 5 rings (SSSR count). The molecular weight excluding hydrogens is 474 g/mol. The van der Waals surface area contributed by atoms with Gasteiger partial charge in [-0.2, -0.15) is 9.97 Å². The predicted octanol–water partition coefficient (Wildman–Crippen LogP) is 3.75. The van der Waals surface area contributed by atoms with Crippen molar-refractivity contribution in [2.24, 2.45) is 5.73 Å². The fourth-order valence-electron chi connectivity index (χ4n) is 4.29. The number of carbonyl (C=O) groups is 2. The van der Waals surface area contributed by atoms with Gasteiger partial charge in [0.15, 0.2) is 6.61 Å². The van der Waals surface area contributed by atoms with E-state index in [2.05, 4.69) is 40.0 Å². The molecule has 1 aliphatic heterocycles. The van der Waals surface area contributed by atoms with E-state index >= 15 is 0 Å². The summed E-state index contributed by atoms with van der Waals surface area (Å²) in [6.45, 7) is 4.24. The average molecular weight is 502 g/mol. The van der Waals surface area contributed by atoms with Crippen molar-refractivity contribution in [2.75, 3.05) is 37.7 Å². The first-order valence-corrected chi connectivity index (χ1v) is 12.7. The lowest BCUT2D eigenvalue weighted by Gasteiger charge is -2.35. The van der Waals surface area contributed by atoms with Crippen molar-refractivity contribution in [3.05, 3.63) is 71.1 Å². The largest absolute Gasteiger partial charge is 0.453 e. The molecule has 2 N–H and O–H groups in total. The molecule has 0 aliphatic carbocycles. The van der Waals surface area contributed by atoms with Crippen LogP contribution in [0.25, 0.3) is 21.3 Å². The van der Waals surface area contributed by atoms with Crippen molar-refractivity contribution in [1.29, 1.82) is 0 Å². The Balaban J connectivity index is 1.30. The Morgan fingerprint density at radius 3 is 2.33 bits per heavy atom. The molecule has 1 aliphatic rings. The molecule has 0 atom stereocenters. The van der Waals surface area contributed by atoms with Crippen LogP contribution >= 0.6 is 11.3 Å². The Morgan fingerprint density at radius 2 is 1.67 bits per heavy atom. The molecule has 2 amide bonds. The molecule has 2 aromatic carbocycles. The van der Waals surface area contributed by atoms with Gasteiger partial charge in [0.05, 0.1) is 5.39 Å². The van der Waals surface area contributed by atoms with Crippen molar-refractivity contribution in [2.45, 2.75) is 13.3 Å². The van der Waals surface area contributed by atoms with Crippen LogP contribution < -0.4 is 15.4 Å². The van der Waals surface area contributed by atoms with Crippen molar-refractivity contribution in [3.8, 4) is 17.1 Å². The van der Waals surface area contributed by atoms with Gasteiger partial charge >= 0.3 is 6.01 Å². The SMILES string of the molecule is CCc1cc2c(N3CCN(C(=O)c4ccc(-c5ccccc5)cc4)CC3)nc(OCC(N)=O)nc2s1. The number of amides is 2. The third-order valence-corrected chi connectivity index (χ3v) is 7.37. The second-order valence-electron chi connectivity index (χ2n) is 8.59. The molecular formula is C27H27N5O3S.